The van der Waals surface area contributed by atoms with Gasteiger partial charge in [-0.1, -0.05) is 32.9 Å². The minimum absolute atomic E-state index is 0.0207. The highest BCUT2D eigenvalue weighted by molar-refractivity contribution is 14.1. The molecule has 0 radical (unpaired) electrons. The topological polar surface area (TPSA) is 83.8 Å². The number of aliphatic carboxylic acids is 1. The second kappa shape index (κ2) is 8.70. The van der Waals surface area contributed by atoms with Gasteiger partial charge in [-0.15, -0.1) is 0 Å². The molecule has 0 spiro atoms. The van der Waals surface area contributed by atoms with E-state index in [9.17, 15) is 23.5 Å². The molecule has 2 rings (SSSR count). The van der Waals surface area contributed by atoms with Crippen molar-refractivity contribution >= 4 is 57.1 Å². The van der Waals surface area contributed by atoms with Crippen LogP contribution in [0.4, 0.5) is 8.78 Å². The number of halogens is 4. The van der Waals surface area contributed by atoms with Crippen LogP contribution in [0.2, 0.25) is 0 Å². The maximum absolute atomic E-state index is 14.4. The molecule has 0 saturated heterocycles. The van der Waals surface area contributed by atoms with E-state index >= 15 is 0 Å². The number of rotatable bonds is 5. The molecule has 2 aromatic rings. The summed E-state index contributed by atoms with van der Waals surface area (Å²) in [7, 11) is 0. The molecule has 0 aliphatic heterocycles. The zero-order valence-electron chi connectivity index (χ0n) is 15.7. The third kappa shape index (κ3) is 5.36. The molecule has 0 amide bonds. The van der Waals surface area contributed by atoms with Gasteiger partial charge in [0.05, 0.1) is 12.7 Å². The molecule has 5 nitrogen and oxygen atoms in total. The number of carboxylic acid groups (broad SMARTS) is 1. The highest BCUT2D eigenvalue weighted by Crippen LogP contribution is 2.39. The number of carboxylic acids is 1. The van der Waals surface area contributed by atoms with Gasteiger partial charge < -0.3 is 14.9 Å². The van der Waals surface area contributed by atoms with Gasteiger partial charge in [-0.3, -0.25) is 0 Å². The van der Waals surface area contributed by atoms with E-state index in [-0.39, 0.29) is 29.4 Å². The Kier molecular flexibility index (Phi) is 7.13. The lowest BCUT2D eigenvalue weighted by Gasteiger charge is -2.25. The first-order chi connectivity index (χ1) is 13.2. The summed E-state index contributed by atoms with van der Waals surface area (Å²) in [4.78, 5) is 23.6. The van der Waals surface area contributed by atoms with Crippen LogP contribution in [0.5, 0.6) is 5.75 Å². The smallest absolute Gasteiger partial charge is 0.382 e. The number of hydrogen-bond donors (Lipinski definition) is 2. The van der Waals surface area contributed by atoms with Gasteiger partial charge in [0.15, 0.2) is 0 Å². The van der Waals surface area contributed by atoms with E-state index in [0.29, 0.717) is 0 Å². The largest absolute Gasteiger partial charge is 0.506 e. The Morgan fingerprint density at radius 1 is 1.03 bits per heavy atom. The SMILES string of the molecule is CC(C)(C)c1ccc(C(=O)OC(c2cc(I)c(O)c(I)c2)C(F)(F)C(=O)O)cc1. The molecule has 9 heteroatoms. The maximum Gasteiger partial charge on any atom is 0.382 e. The quantitative estimate of drug-likeness (QED) is 0.336. The van der Waals surface area contributed by atoms with Gasteiger partial charge in [0.2, 0.25) is 6.10 Å². The minimum atomic E-state index is -4.37. The summed E-state index contributed by atoms with van der Waals surface area (Å²) >= 11 is 3.45. The van der Waals surface area contributed by atoms with Crippen LogP contribution in [0.15, 0.2) is 36.4 Å². The summed E-state index contributed by atoms with van der Waals surface area (Å²) in [5, 5.41) is 18.8. The van der Waals surface area contributed by atoms with Crippen molar-refractivity contribution in [1.82, 2.24) is 0 Å². The second-order valence-electron chi connectivity index (χ2n) is 7.37. The number of hydrogen-bond acceptors (Lipinski definition) is 4. The van der Waals surface area contributed by atoms with Crippen LogP contribution in [0, 0.1) is 7.14 Å². The number of alkyl halides is 2. The van der Waals surface area contributed by atoms with Gasteiger partial charge in [-0.25, -0.2) is 9.59 Å². The first kappa shape index (κ1) is 23.8. The number of benzene rings is 2. The normalized spacial score (nSPS) is 13.1. The second-order valence-corrected chi connectivity index (χ2v) is 9.70. The summed E-state index contributed by atoms with van der Waals surface area (Å²) in [5.41, 5.74) is 0.556. The van der Waals surface area contributed by atoms with Gasteiger partial charge in [0.25, 0.3) is 0 Å². The van der Waals surface area contributed by atoms with Crippen molar-refractivity contribution in [3.05, 3.63) is 60.2 Å². The fourth-order valence-electron chi connectivity index (χ4n) is 2.48. The van der Waals surface area contributed by atoms with E-state index in [0.717, 1.165) is 17.7 Å². The molecular formula is C20H18F2I2O5. The van der Waals surface area contributed by atoms with Crippen LogP contribution < -0.4 is 0 Å². The van der Waals surface area contributed by atoms with Crippen LogP contribution in [0.3, 0.4) is 0 Å². The molecule has 2 aromatic carbocycles. The molecule has 1 unspecified atom stereocenters. The number of phenols is 1. The lowest BCUT2D eigenvalue weighted by atomic mass is 9.87. The van der Waals surface area contributed by atoms with E-state index in [1.807, 2.05) is 20.8 Å². The zero-order chi connectivity index (χ0) is 22.1. The molecule has 1 atom stereocenters. The van der Waals surface area contributed by atoms with Gasteiger partial charge in [-0.05, 0) is 80.4 Å². The molecule has 0 aliphatic rings. The fourth-order valence-corrected chi connectivity index (χ4v) is 4.30. The van der Waals surface area contributed by atoms with Crippen molar-refractivity contribution < 1.29 is 33.3 Å². The predicted octanol–water partition coefficient (Wildman–Crippen LogP) is 5.52. The van der Waals surface area contributed by atoms with Crippen LogP contribution in [-0.2, 0) is 14.9 Å². The van der Waals surface area contributed by atoms with Crippen molar-refractivity contribution in [2.24, 2.45) is 0 Å². The third-order valence-electron chi connectivity index (χ3n) is 4.17. The van der Waals surface area contributed by atoms with Crippen molar-refractivity contribution in [1.29, 1.82) is 0 Å². The highest BCUT2D eigenvalue weighted by Gasteiger charge is 2.51. The maximum atomic E-state index is 14.4. The molecule has 0 heterocycles. The Bertz CT molecular complexity index is 914. The van der Waals surface area contributed by atoms with E-state index in [1.54, 1.807) is 57.3 Å². The molecule has 2 N–H and O–H groups in total. The number of ether oxygens (including phenoxy) is 1. The molecular weight excluding hydrogens is 612 g/mol. The number of esters is 1. The molecule has 0 bridgehead atoms. The number of carbonyl (C=O) groups excluding carboxylic acids is 1. The fraction of sp³-hybridized carbons (Fsp3) is 0.300. The Morgan fingerprint density at radius 3 is 1.93 bits per heavy atom. The molecule has 0 fully saturated rings. The van der Waals surface area contributed by atoms with Gasteiger partial charge in [-0.2, -0.15) is 8.78 Å². The first-order valence-electron chi connectivity index (χ1n) is 8.35. The number of phenolic OH excluding ortho intramolecular Hbond substituents is 1. The Labute approximate surface area is 193 Å². The minimum Gasteiger partial charge on any atom is -0.506 e. The standard InChI is InChI=1S/C20H18F2I2O5/c1-19(2,3)12-6-4-10(5-7-12)17(26)29-16(20(21,22)18(27)28)11-8-13(23)15(25)14(24)9-11/h4-9,16,25H,1-3H3,(H,27,28). The van der Waals surface area contributed by atoms with Crippen molar-refractivity contribution in [3.63, 3.8) is 0 Å². The van der Waals surface area contributed by atoms with Crippen molar-refractivity contribution in [3.8, 4) is 5.75 Å². The molecule has 0 saturated carbocycles. The van der Waals surface area contributed by atoms with Crippen LogP contribution >= 0.6 is 45.2 Å². The van der Waals surface area contributed by atoms with E-state index < -0.39 is 24.0 Å². The lowest BCUT2D eigenvalue weighted by molar-refractivity contribution is -0.183. The first-order valence-corrected chi connectivity index (χ1v) is 10.5. The van der Waals surface area contributed by atoms with Crippen molar-refractivity contribution in [2.45, 2.75) is 38.2 Å². The van der Waals surface area contributed by atoms with E-state index in [2.05, 4.69) is 0 Å². The van der Waals surface area contributed by atoms with Gasteiger partial charge >= 0.3 is 17.9 Å². The van der Waals surface area contributed by atoms with E-state index in [4.69, 9.17) is 9.84 Å². The molecule has 0 aliphatic carbocycles. The van der Waals surface area contributed by atoms with E-state index in [1.165, 1.54) is 12.1 Å². The molecule has 0 aromatic heterocycles. The van der Waals surface area contributed by atoms with Gasteiger partial charge in [0.1, 0.15) is 5.75 Å². The number of carbonyl (C=O) groups is 2. The summed E-state index contributed by atoms with van der Waals surface area (Å²) in [6.45, 7) is 5.95. The van der Waals surface area contributed by atoms with Crippen LogP contribution in [0.1, 0.15) is 48.4 Å². The summed E-state index contributed by atoms with van der Waals surface area (Å²) < 4.78 is 34.2. The Balaban J connectivity index is 2.43. The predicted molar refractivity (Wildman–Crippen MR) is 119 cm³/mol. The van der Waals surface area contributed by atoms with Crippen LogP contribution in [-0.4, -0.2) is 28.1 Å². The monoisotopic (exact) mass is 630 g/mol. The number of aromatic hydroxyl groups is 1. The average Bonchev–Trinajstić information content (AvgIpc) is 2.62. The zero-order valence-corrected chi connectivity index (χ0v) is 20.0. The average molecular weight is 630 g/mol. The molecule has 156 valence electrons. The molecule has 29 heavy (non-hydrogen) atoms. The summed E-state index contributed by atoms with van der Waals surface area (Å²) in [6, 6.07) is 8.60. The Morgan fingerprint density at radius 2 is 1.52 bits per heavy atom. The highest BCUT2D eigenvalue weighted by atomic mass is 127. The van der Waals surface area contributed by atoms with Crippen molar-refractivity contribution in [2.75, 3.05) is 0 Å². The third-order valence-corrected chi connectivity index (χ3v) is 5.81. The summed E-state index contributed by atoms with van der Waals surface area (Å²) in [6.07, 6.45) is -2.36. The summed E-state index contributed by atoms with van der Waals surface area (Å²) in [5.74, 6) is -7.99. The van der Waals surface area contributed by atoms with Crippen LogP contribution in [0.25, 0.3) is 0 Å². The van der Waals surface area contributed by atoms with Gasteiger partial charge in [0, 0.05) is 5.56 Å². The lowest BCUT2D eigenvalue weighted by Crippen LogP contribution is -2.38. The Hall–Kier alpha value is -1.50.